The highest BCUT2D eigenvalue weighted by molar-refractivity contribution is 6.32. The first-order valence-corrected chi connectivity index (χ1v) is 6.47. The Bertz CT molecular complexity index is 419. The van der Waals surface area contributed by atoms with E-state index in [0.29, 0.717) is 10.8 Å². The van der Waals surface area contributed by atoms with Crippen molar-refractivity contribution in [2.24, 2.45) is 0 Å². The van der Waals surface area contributed by atoms with Crippen molar-refractivity contribution >= 4 is 17.5 Å². The number of hydrogen-bond donors (Lipinski definition) is 1. The lowest BCUT2D eigenvalue weighted by Gasteiger charge is -2.29. The molecule has 0 radical (unpaired) electrons. The number of ether oxygens (including phenoxy) is 1. The van der Waals surface area contributed by atoms with Crippen molar-refractivity contribution in [1.29, 1.82) is 0 Å². The standard InChI is InChI=1S/C13H17ClN2O2/c1-10(13(17)16-8-6-15-7-9-16)18-12-5-3-2-4-11(12)14/h2-5,10,15H,6-9H2,1H3. The number of amides is 1. The van der Waals surface area contributed by atoms with Gasteiger partial charge < -0.3 is 15.0 Å². The Balaban J connectivity index is 1.96. The first kappa shape index (κ1) is 13.2. The fraction of sp³-hybridized carbons (Fsp3) is 0.462. The summed E-state index contributed by atoms with van der Waals surface area (Å²) < 4.78 is 5.62. The molecule has 2 rings (SSSR count). The van der Waals surface area contributed by atoms with E-state index in [-0.39, 0.29) is 5.91 Å². The molecule has 1 saturated heterocycles. The quantitative estimate of drug-likeness (QED) is 0.904. The monoisotopic (exact) mass is 268 g/mol. The number of carbonyl (C=O) groups is 1. The van der Waals surface area contributed by atoms with Gasteiger partial charge >= 0.3 is 0 Å². The molecule has 1 aliphatic rings. The van der Waals surface area contributed by atoms with Crippen LogP contribution in [0.5, 0.6) is 5.75 Å². The molecule has 0 spiro atoms. The van der Waals surface area contributed by atoms with Crippen molar-refractivity contribution in [1.82, 2.24) is 10.2 Å². The predicted molar refractivity (Wildman–Crippen MR) is 71.0 cm³/mol. The summed E-state index contributed by atoms with van der Waals surface area (Å²) in [7, 11) is 0. The fourth-order valence-electron chi connectivity index (χ4n) is 1.92. The zero-order chi connectivity index (χ0) is 13.0. The second kappa shape index (κ2) is 6.07. The van der Waals surface area contributed by atoms with Gasteiger partial charge in [0.15, 0.2) is 6.10 Å². The molecule has 18 heavy (non-hydrogen) atoms. The van der Waals surface area contributed by atoms with Gasteiger partial charge in [0.2, 0.25) is 0 Å². The van der Waals surface area contributed by atoms with Crippen molar-refractivity contribution in [3.05, 3.63) is 29.3 Å². The van der Waals surface area contributed by atoms with Crippen LogP contribution in [0.3, 0.4) is 0 Å². The third kappa shape index (κ3) is 3.15. The van der Waals surface area contributed by atoms with Gasteiger partial charge in [-0.3, -0.25) is 4.79 Å². The topological polar surface area (TPSA) is 41.6 Å². The number of benzene rings is 1. The van der Waals surface area contributed by atoms with E-state index in [1.165, 1.54) is 0 Å². The second-order valence-electron chi connectivity index (χ2n) is 4.27. The van der Waals surface area contributed by atoms with Crippen LogP contribution in [0.4, 0.5) is 0 Å². The van der Waals surface area contributed by atoms with Gasteiger partial charge in [-0.2, -0.15) is 0 Å². The van der Waals surface area contributed by atoms with E-state index in [0.717, 1.165) is 26.2 Å². The number of piperazine rings is 1. The lowest BCUT2D eigenvalue weighted by Crippen LogP contribution is -2.50. The van der Waals surface area contributed by atoms with E-state index >= 15 is 0 Å². The number of nitrogens with one attached hydrogen (secondary N) is 1. The molecular formula is C13H17ClN2O2. The van der Waals surface area contributed by atoms with Gasteiger partial charge in [0, 0.05) is 26.2 Å². The zero-order valence-electron chi connectivity index (χ0n) is 10.4. The Morgan fingerprint density at radius 1 is 1.39 bits per heavy atom. The summed E-state index contributed by atoms with van der Waals surface area (Å²) >= 11 is 6.00. The highest BCUT2D eigenvalue weighted by Gasteiger charge is 2.23. The largest absolute Gasteiger partial charge is 0.479 e. The molecule has 1 aliphatic heterocycles. The van der Waals surface area contributed by atoms with Crippen molar-refractivity contribution in [3.8, 4) is 5.75 Å². The summed E-state index contributed by atoms with van der Waals surface area (Å²) in [5.41, 5.74) is 0. The molecule has 0 saturated carbocycles. The molecule has 0 aromatic heterocycles. The van der Waals surface area contributed by atoms with E-state index in [4.69, 9.17) is 16.3 Å². The van der Waals surface area contributed by atoms with Gasteiger partial charge in [-0.05, 0) is 19.1 Å². The highest BCUT2D eigenvalue weighted by Crippen LogP contribution is 2.24. The lowest BCUT2D eigenvalue weighted by atomic mass is 10.2. The average Bonchev–Trinajstić information content (AvgIpc) is 2.41. The van der Waals surface area contributed by atoms with Gasteiger partial charge in [-0.25, -0.2) is 0 Å². The number of nitrogens with zero attached hydrogens (tertiary/aromatic N) is 1. The van der Waals surface area contributed by atoms with Crippen molar-refractivity contribution < 1.29 is 9.53 Å². The van der Waals surface area contributed by atoms with Crippen LogP contribution in [-0.2, 0) is 4.79 Å². The minimum absolute atomic E-state index is 0.0106. The molecule has 1 amide bonds. The highest BCUT2D eigenvalue weighted by atomic mass is 35.5. The summed E-state index contributed by atoms with van der Waals surface area (Å²) in [6.45, 7) is 4.90. The van der Waals surface area contributed by atoms with E-state index in [9.17, 15) is 4.79 Å². The molecule has 1 aromatic carbocycles. The normalized spacial score (nSPS) is 17.3. The zero-order valence-corrected chi connectivity index (χ0v) is 11.1. The first-order chi connectivity index (χ1) is 8.68. The molecule has 0 aliphatic carbocycles. The molecular weight excluding hydrogens is 252 g/mol. The molecule has 1 N–H and O–H groups in total. The van der Waals surface area contributed by atoms with Gasteiger partial charge in [-0.1, -0.05) is 23.7 Å². The van der Waals surface area contributed by atoms with Crippen LogP contribution >= 0.6 is 11.6 Å². The minimum atomic E-state index is -0.511. The molecule has 1 fully saturated rings. The number of carbonyl (C=O) groups excluding carboxylic acids is 1. The van der Waals surface area contributed by atoms with Crippen molar-refractivity contribution in [2.45, 2.75) is 13.0 Å². The molecule has 1 unspecified atom stereocenters. The van der Waals surface area contributed by atoms with Crippen LogP contribution in [0, 0.1) is 0 Å². The number of para-hydroxylation sites is 1. The van der Waals surface area contributed by atoms with Crippen LogP contribution < -0.4 is 10.1 Å². The van der Waals surface area contributed by atoms with Crippen LogP contribution in [0.15, 0.2) is 24.3 Å². The maximum atomic E-state index is 12.1. The number of halogens is 1. The second-order valence-corrected chi connectivity index (χ2v) is 4.67. The molecule has 4 nitrogen and oxygen atoms in total. The fourth-order valence-corrected chi connectivity index (χ4v) is 2.10. The summed E-state index contributed by atoms with van der Waals surface area (Å²) in [6.07, 6.45) is -0.511. The Labute approximate surface area is 112 Å². The van der Waals surface area contributed by atoms with E-state index < -0.39 is 6.10 Å². The molecule has 5 heteroatoms. The molecule has 98 valence electrons. The van der Waals surface area contributed by atoms with E-state index in [1.54, 1.807) is 19.1 Å². The van der Waals surface area contributed by atoms with Gasteiger partial charge in [0.25, 0.3) is 5.91 Å². The first-order valence-electron chi connectivity index (χ1n) is 6.09. The third-order valence-corrected chi connectivity index (χ3v) is 3.23. The van der Waals surface area contributed by atoms with E-state index in [1.807, 2.05) is 17.0 Å². The Kier molecular flexibility index (Phi) is 4.44. The maximum absolute atomic E-state index is 12.1. The molecule has 1 atom stereocenters. The summed E-state index contributed by atoms with van der Waals surface area (Å²) in [6, 6.07) is 7.18. The van der Waals surface area contributed by atoms with Gasteiger partial charge in [0.1, 0.15) is 5.75 Å². The minimum Gasteiger partial charge on any atom is -0.479 e. The summed E-state index contributed by atoms with van der Waals surface area (Å²) in [4.78, 5) is 14.0. The van der Waals surface area contributed by atoms with Crippen molar-refractivity contribution in [3.63, 3.8) is 0 Å². The van der Waals surface area contributed by atoms with E-state index in [2.05, 4.69) is 5.32 Å². The Morgan fingerprint density at radius 3 is 2.72 bits per heavy atom. The molecule has 1 heterocycles. The summed E-state index contributed by atoms with van der Waals surface area (Å²) in [5, 5.41) is 3.74. The van der Waals surface area contributed by atoms with Crippen LogP contribution in [0.1, 0.15) is 6.92 Å². The molecule has 1 aromatic rings. The number of hydrogen-bond acceptors (Lipinski definition) is 3. The molecule has 0 bridgehead atoms. The smallest absolute Gasteiger partial charge is 0.263 e. The Morgan fingerprint density at radius 2 is 2.06 bits per heavy atom. The van der Waals surface area contributed by atoms with Crippen molar-refractivity contribution in [2.75, 3.05) is 26.2 Å². The SMILES string of the molecule is CC(Oc1ccccc1Cl)C(=O)N1CCNCC1. The Hall–Kier alpha value is -1.26. The van der Waals surface area contributed by atoms with Gasteiger partial charge in [0.05, 0.1) is 5.02 Å². The number of rotatable bonds is 3. The van der Waals surface area contributed by atoms with Crippen LogP contribution in [0.25, 0.3) is 0 Å². The average molecular weight is 269 g/mol. The van der Waals surface area contributed by atoms with Gasteiger partial charge in [-0.15, -0.1) is 0 Å². The van der Waals surface area contributed by atoms with Crippen LogP contribution in [0.2, 0.25) is 5.02 Å². The van der Waals surface area contributed by atoms with Crippen LogP contribution in [-0.4, -0.2) is 43.1 Å². The third-order valence-electron chi connectivity index (χ3n) is 2.92. The summed E-state index contributed by atoms with van der Waals surface area (Å²) in [5.74, 6) is 0.562. The lowest BCUT2D eigenvalue weighted by molar-refractivity contribution is -0.138. The predicted octanol–water partition coefficient (Wildman–Crippen LogP) is 1.54. The maximum Gasteiger partial charge on any atom is 0.263 e.